The summed E-state index contributed by atoms with van der Waals surface area (Å²) in [5.41, 5.74) is 1.91. The second-order valence-corrected chi connectivity index (χ2v) is 9.77. The summed E-state index contributed by atoms with van der Waals surface area (Å²) in [6.07, 6.45) is -0.597. The highest BCUT2D eigenvalue weighted by molar-refractivity contribution is 7.19. The van der Waals surface area contributed by atoms with Crippen molar-refractivity contribution in [3.63, 3.8) is 0 Å². The van der Waals surface area contributed by atoms with Gasteiger partial charge in [-0.05, 0) is 67.0 Å². The maximum atomic E-state index is 8.81. The molecule has 3 aromatic heterocycles. The van der Waals surface area contributed by atoms with Crippen LogP contribution in [0.4, 0.5) is 0 Å². The maximum Gasteiger partial charge on any atom is 0.144 e. The van der Waals surface area contributed by atoms with Crippen LogP contribution >= 0.6 is 11.3 Å². The van der Waals surface area contributed by atoms with Gasteiger partial charge in [0.2, 0.25) is 0 Å². The Balaban J connectivity index is 1.80. The molecule has 0 bridgehead atoms. The number of fused-ring (bicyclic) bond motifs is 5. The van der Waals surface area contributed by atoms with Gasteiger partial charge in [-0.1, -0.05) is 32.9 Å². The zero-order valence-corrected chi connectivity index (χ0v) is 17.7. The van der Waals surface area contributed by atoms with E-state index in [-0.39, 0.29) is 11.1 Å². The van der Waals surface area contributed by atoms with Crippen LogP contribution in [0.5, 0.6) is 0 Å². The lowest BCUT2D eigenvalue weighted by molar-refractivity contribution is 0.410. The minimum Gasteiger partial charge on any atom is -0.455 e. The molecule has 0 radical (unpaired) electrons. The van der Waals surface area contributed by atoms with E-state index in [1.165, 1.54) is 11.1 Å². The van der Waals surface area contributed by atoms with Crippen molar-refractivity contribution >= 4 is 43.4 Å². The first-order valence-corrected chi connectivity index (χ1v) is 10.5. The molecule has 0 aliphatic heterocycles. The third-order valence-electron chi connectivity index (χ3n) is 4.97. The van der Waals surface area contributed by atoms with E-state index >= 15 is 0 Å². The van der Waals surface area contributed by atoms with E-state index in [1.54, 1.807) is 38.2 Å². The molecule has 146 valence electrons. The molecule has 0 N–H and O–H groups in total. The SMILES string of the molecule is [2H]C([2H])([2H])c1cnc(-c2cccc3c2oc2c4cc(C)sc4ccc32)cc1C([2H])([2H])C(C)(C)C. The molecule has 2 aromatic carbocycles. The minimum absolute atomic E-state index is 0.0663. The summed E-state index contributed by atoms with van der Waals surface area (Å²) in [6, 6.07) is 13.7. The third kappa shape index (κ3) is 3.14. The maximum absolute atomic E-state index is 8.81. The Morgan fingerprint density at radius 1 is 1.07 bits per heavy atom. The number of hydrogen-bond donors (Lipinski definition) is 0. The summed E-state index contributed by atoms with van der Waals surface area (Å²) in [5, 5.41) is 3.02. The van der Waals surface area contributed by atoms with Gasteiger partial charge < -0.3 is 4.42 Å². The van der Waals surface area contributed by atoms with Crippen LogP contribution in [0.2, 0.25) is 0 Å². The van der Waals surface area contributed by atoms with Gasteiger partial charge in [-0.2, -0.15) is 0 Å². The third-order valence-corrected chi connectivity index (χ3v) is 5.99. The fraction of sp³-hybridized carbons (Fsp3) is 0.269. The monoisotopic (exact) mass is 404 g/mol. The molecule has 0 unspecified atom stereocenters. The van der Waals surface area contributed by atoms with Crippen molar-refractivity contribution in [1.82, 2.24) is 4.98 Å². The highest BCUT2D eigenvalue weighted by atomic mass is 32.1. The first-order valence-electron chi connectivity index (χ1n) is 12.1. The summed E-state index contributed by atoms with van der Waals surface area (Å²) < 4.78 is 49.1. The Morgan fingerprint density at radius 2 is 1.90 bits per heavy atom. The smallest absolute Gasteiger partial charge is 0.144 e. The van der Waals surface area contributed by atoms with Crippen LogP contribution in [-0.4, -0.2) is 4.98 Å². The van der Waals surface area contributed by atoms with Crippen molar-refractivity contribution in [2.45, 2.75) is 40.9 Å². The van der Waals surface area contributed by atoms with Crippen LogP contribution in [0, 0.1) is 19.2 Å². The zero-order chi connectivity index (χ0) is 24.6. The first kappa shape index (κ1) is 13.6. The van der Waals surface area contributed by atoms with Crippen LogP contribution in [0.3, 0.4) is 0 Å². The molecule has 0 saturated heterocycles. The number of rotatable bonds is 2. The van der Waals surface area contributed by atoms with Crippen molar-refractivity contribution in [2.24, 2.45) is 5.41 Å². The van der Waals surface area contributed by atoms with Crippen LogP contribution < -0.4 is 0 Å². The molecular weight excluding hydrogens is 374 g/mol. The Bertz CT molecular complexity index is 1570. The Kier molecular flexibility index (Phi) is 3.00. The van der Waals surface area contributed by atoms with Crippen molar-refractivity contribution in [3.05, 3.63) is 64.7 Å². The topological polar surface area (TPSA) is 26.0 Å². The summed E-state index contributed by atoms with van der Waals surface area (Å²) >= 11 is 1.72. The zero-order valence-electron chi connectivity index (χ0n) is 21.9. The van der Waals surface area contributed by atoms with Crippen molar-refractivity contribution in [1.29, 1.82) is 0 Å². The molecule has 2 nitrogen and oxygen atoms in total. The second kappa shape index (κ2) is 6.43. The van der Waals surface area contributed by atoms with E-state index in [9.17, 15) is 0 Å². The van der Waals surface area contributed by atoms with Gasteiger partial charge in [-0.25, -0.2) is 0 Å². The van der Waals surface area contributed by atoms with Gasteiger partial charge >= 0.3 is 0 Å². The predicted octanol–water partition coefficient (Wildman–Crippen LogP) is 8.07. The quantitative estimate of drug-likeness (QED) is 0.297. The Hall–Kier alpha value is -2.65. The number of benzene rings is 2. The number of pyridine rings is 1. The van der Waals surface area contributed by atoms with Gasteiger partial charge in [0, 0.05) is 44.3 Å². The summed E-state index contributed by atoms with van der Waals surface area (Å²) in [6.45, 7) is 4.90. The number of aromatic nitrogens is 1. The lowest BCUT2D eigenvalue weighted by Gasteiger charge is -2.20. The molecule has 0 aliphatic carbocycles. The highest BCUT2D eigenvalue weighted by Gasteiger charge is 2.18. The second-order valence-electron chi connectivity index (χ2n) is 8.49. The van der Waals surface area contributed by atoms with Crippen LogP contribution in [-0.2, 0) is 6.37 Å². The fourth-order valence-corrected chi connectivity index (χ4v) is 4.73. The van der Waals surface area contributed by atoms with Gasteiger partial charge in [0.05, 0.1) is 5.69 Å². The number of aryl methyl sites for hydroxylation is 2. The fourth-order valence-electron chi connectivity index (χ4n) is 3.81. The molecule has 0 fully saturated rings. The number of nitrogens with zero attached hydrogens (tertiary/aromatic N) is 1. The molecule has 29 heavy (non-hydrogen) atoms. The minimum atomic E-state index is -2.48. The van der Waals surface area contributed by atoms with Crippen LogP contribution in [0.25, 0.3) is 43.3 Å². The van der Waals surface area contributed by atoms with E-state index in [1.807, 2.05) is 18.2 Å². The summed E-state index contributed by atoms with van der Waals surface area (Å²) in [5.74, 6) is 0. The van der Waals surface area contributed by atoms with E-state index in [4.69, 9.17) is 11.3 Å². The van der Waals surface area contributed by atoms with Gasteiger partial charge in [0.15, 0.2) is 0 Å². The van der Waals surface area contributed by atoms with Crippen LogP contribution in [0.1, 0.15) is 43.6 Å². The van der Waals surface area contributed by atoms with Crippen molar-refractivity contribution in [2.75, 3.05) is 0 Å². The molecule has 0 atom stereocenters. The highest BCUT2D eigenvalue weighted by Crippen LogP contribution is 2.40. The number of hydrogen-bond acceptors (Lipinski definition) is 3. The summed E-state index contributed by atoms with van der Waals surface area (Å²) in [7, 11) is 0. The molecule has 0 aliphatic rings. The number of para-hydroxylation sites is 1. The molecule has 5 aromatic rings. The van der Waals surface area contributed by atoms with E-state index in [2.05, 4.69) is 30.1 Å². The van der Waals surface area contributed by atoms with E-state index in [0.717, 1.165) is 26.4 Å². The molecule has 0 amide bonds. The molecule has 5 rings (SSSR count). The predicted molar refractivity (Wildman–Crippen MR) is 125 cm³/mol. The standard InChI is InChI=1S/C26H25NOS/c1-15-14-27-22(12-17(15)13-26(3,4)5)20-8-6-7-18-19-9-10-23-21(11-16(2)29-23)25(19)28-24(18)20/h6-12,14H,13H2,1-5H3/i1D3,13D2. The van der Waals surface area contributed by atoms with Gasteiger partial charge in [-0.15, -0.1) is 11.3 Å². The number of furan rings is 1. The Morgan fingerprint density at radius 3 is 2.69 bits per heavy atom. The van der Waals surface area contributed by atoms with E-state index in [0.29, 0.717) is 16.8 Å². The molecule has 3 heteroatoms. The molecule has 0 saturated carbocycles. The Labute approximate surface area is 182 Å². The van der Waals surface area contributed by atoms with Gasteiger partial charge in [-0.3, -0.25) is 4.98 Å². The van der Waals surface area contributed by atoms with Gasteiger partial charge in [0.1, 0.15) is 11.2 Å². The average Bonchev–Trinajstić information content (AvgIpc) is 3.31. The molecule has 0 spiro atoms. The average molecular weight is 405 g/mol. The first-order chi connectivity index (χ1) is 15.8. The molecule has 3 heterocycles. The van der Waals surface area contributed by atoms with Crippen LogP contribution in [0.15, 0.2) is 53.1 Å². The normalized spacial score (nSPS) is 15.9. The lowest BCUT2D eigenvalue weighted by Crippen LogP contribution is -2.10. The largest absolute Gasteiger partial charge is 0.455 e. The van der Waals surface area contributed by atoms with Crippen molar-refractivity contribution in [3.8, 4) is 11.3 Å². The summed E-state index contributed by atoms with van der Waals surface area (Å²) in [4.78, 5) is 5.68. The number of thiophene rings is 1. The van der Waals surface area contributed by atoms with E-state index < -0.39 is 18.6 Å². The van der Waals surface area contributed by atoms with Crippen molar-refractivity contribution < 1.29 is 11.3 Å². The molecular formula is C26H25NOS. The van der Waals surface area contributed by atoms with Gasteiger partial charge in [0.25, 0.3) is 0 Å². The lowest BCUT2D eigenvalue weighted by atomic mass is 9.86.